The van der Waals surface area contributed by atoms with Crippen LogP contribution in [0.2, 0.25) is 0 Å². The van der Waals surface area contributed by atoms with Crippen LogP contribution < -0.4 is 80.9 Å². The van der Waals surface area contributed by atoms with E-state index in [1.807, 2.05) is 55.4 Å². The van der Waals surface area contributed by atoms with Crippen LogP contribution in [-0.2, 0) is 95.3 Å². The number of carbonyl (C=O) groups is 6. The number of ether oxygens (including phenoxy) is 7. The lowest BCUT2D eigenvalue weighted by molar-refractivity contribution is -0.146. The first-order valence-corrected chi connectivity index (χ1v) is 45.6. The van der Waals surface area contributed by atoms with Gasteiger partial charge >= 0.3 is 23.9 Å². The van der Waals surface area contributed by atoms with Crippen molar-refractivity contribution >= 4 is 164 Å². The molecule has 3 aliphatic carbocycles. The molecule has 0 unspecified atom stereocenters. The number of anilines is 6. The number of nitrogen functional groups attached to an aromatic ring is 3. The molecule has 0 aromatic carbocycles. The highest BCUT2D eigenvalue weighted by Crippen LogP contribution is 2.41. The predicted octanol–water partition coefficient (Wildman–Crippen LogP) is 6.86. The minimum absolute atomic E-state index is 0. The van der Waals surface area contributed by atoms with Gasteiger partial charge in [0.25, 0.3) is 0 Å². The highest BCUT2D eigenvalue weighted by atomic mass is 35.5. The normalized spacial score (nSPS) is 14.5. The number of ketones is 2. The van der Waals surface area contributed by atoms with Gasteiger partial charge in [0.15, 0.2) is 50.9 Å². The number of nitrogens with one attached hydrogen (secondary N) is 9. The van der Waals surface area contributed by atoms with Gasteiger partial charge in [0.05, 0.1) is 77.3 Å². The molecule has 6 heterocycles. The third-order valence-corrected chi connectivity index (χ3v) is 22.4. The van der Waals surface area contributed by atoms with E-state index in [2.05, 4.69) is 91.3 Å². The zero-order valence-corrected chi connectivity index (χ0v) is 78.1. The van der Waals surface area contributed by atoms with E-state index in [0.29, 0.717) is 120 Å². The summed E-state index contributed by atoms with van der Waals surface area (Å²) in [6.45, 7) is 33.4. The van der Waals surface area contributed by atoms with Gasteiger partial charge in [-0.2, -0.15) is 29.9 Å². The summed E-state index contributed by atoms with van der Waals surface area (Å²) in [4.78, 5) is 111. The smallest absolute Gasteiger partial charge is 0.323 e. The molecule has 0 spiro atoms. The van der Waals surface area contributed by atoms with E-state index >= 15 is 0 Å². The number of hydrogen-bond acceptors (Lipinski definition) is 34. The molecule has 6 atom stereocenters. The number of Topliss-reactive ketones (excluding diaryl/α,β-unsaturated/α-hetero) is 2. The average molecular weight is 1830 g/mol. The van der Waals surface area contributed by atoms with Crippen LogP contribution in [0.1, 0.15) is 176 Å². The van der Waals surface area contributed by atoms with Gasteiger partial charge in [-0.05, 0) is 139 Å². The van der Waals surface area contributed by atoms with Crippen LogP contribution in [0, 0.1) is 0 Å². The highest BCUT2D eigenvalue weighted by molar-refractivity contribution is 7.60. The Bertz CT molecular complexity index is 4180. The number of rotatable bonds is 45. The van der Waals surface area contributed by atoms with Crippen LogP contribution >= 0.6 is 59.6 Å². The second-order valence-corrected chi connectivity index (χ2v) is 36.4. The lowest BCUT2D eigenvalue weighted by Gasteiger charge is -2.26. The van der Waals surface area contributed by atoms with E-state index in [1.54, 1.807) is 74.2 Å². The van der Waals surface area contributed by atoms with E-state index in [9.17, 15) is 42.5 Å². The fourth-order valence-corrected chi connectivity index (χ4v) is 16.2. The summed E-state index contributed by atoms with van der Waals surface area (Å²) in [6.07, 6.45) is 11.9. The van der Waals surface area contributed by atoms with Gasteiger partial charge in [0.1, 0.15) is 54.8 Å². The fourth-order valence-electron chi connectivity index (χ4n) is 9.80. The topological polar surface area (TPSA) is 613 Å². The molecule has 0 amide bonds. The fraction of sp³-hybridized carbons (Fsp3) is 0.708. The molecule has 0 aliphatic heterocycles. The highest BCUT2D eigenvalue weighted by Gasteiger charge is 2.36. The Kier molecular flexibility index (Phi) is 51.6. The van der Waals surface area contributed by atoms with Crippen molar-refractivity contribution < 1.29 is 75.6 Å². The maximum Gasteiger partial charge on any atom is 0.323 e. The molecule has 43 nitrogen and oxygen atoms in total. The second-order valence-electron chi connectivity index (χ2n) is 29.6. The molecule has 3 saturated carbocycles. The molecule has 690 valence electrons. The van der Waals surface area contributed by atoms with Crippen LogP contribution in [0.4, 0.5) is 35.3 Å². The Morgan fingerprint density at radius 1 is 0.388 bits per heavy atom. The lowest BCUT2D eigenvalue weighted by Crippen LogP contribution is -2.43. The van der Waals surface area contributed by atoms with Gasteiger partial charge in [-0.25, -0.2) is 45.5 Å². The Morgan fingerprint density at radius 3 is 0.818 bits per heavy atom. The summed E-state index contributed by atoms with van der Waals surface area (Å²) in [7, 11) is -10.5. The SMILES string of the molecule is CC(=O)[C@H](C)NP(=O)(COCCn1cnc2c(NC3CC3)nc(N)nc21)N[C@@H](C)C(C)=O.CC(C)N.CC(C)N.CC(C)N.CCCOC(=O)[C@H](C)NP(=O)(COCCn1cnc2c(NC3CC3)nc(N)nc21)N[C@@H](C)C(=O)OCCC.CCOC(=O)[C@H](C)NP(=O)(COCCn1cnc2c(NC3CC3)nc(N)nc21)N[C@@H](C)C(=O)OCC.Cl.Cl.Cl. The van der Waals surface area contributed by atoms with E-state index < -0.39 is 82.5 Å². The summed E-state index contributed by atoms with van der Waals surface area (Å²) < 4.78 is 83.3. The van der Waals surface area contributed by atoms with Crippen molar-refractivity contribution in [2.45, 2.75) is 268 Å². The van der Waals surface area contributed by atoms with Gasteiger partial charge in [-0.3, -0.25) is 42.5 Å². The molecule has 0 radical (unpaired) electrons. The van der Waals surface area contributed by atoms with Crippen molar-refractivity contribution in [3.63, 3.8) is 0 Å². The van der Waals surface area contributed by atoms with Crippen molar-refractivity contribution in [1.29, 1.82) is 0 Å². The van der Waals surface area contributed by atoms with Gasteiger partial charge in [-0.1, -0.05) is 55.4 Å². The van der Waals surface area contributed by atoms with E-state index in [4.69, 9.17) is 67.6 Å². The molecule has 3 aliphatic rings. The van der Waals surface area contributed by atoms with Crippen LogP contribution in [0.15, 0.2) is 19.0 Å². The zero-order valence-electron chi connectivity index (χ0n) is 72.9. The van der Waals surface area contributed by atoms with Crippen LogP contribution in [0.5, 0.6) is 0 Å². The lowest BCUT2D eigenvalue weighted by atomic mass is 10.3. The molecule has 0 saturated heterocycles. The molecule has 0 bridgehead atoms. The number of imidazole rings is 3. The average Bonchev–Trinajstić information content (AvgIpc) is 1.66. The minimum Gasteiger partial charge on any atom is -0.465 e. The monoisotopic (exact) mass is 1830 g/mol. The summed E-state index contributed by atoms with van der Waals surface area (Å²) in [6, 6.07) is -2.72. The standard InChI is InChI=1S/C23H39N8O6P.C21H35N8O6P.C19H31N8O4P.3C3H9N.3ClH/c1-5-10-36-21(32)15(3)29-38(34,30-16(4)22(33)37-11-6-2)14-35-12-9-31-13-25-18-19(26-17-7-8-17)27-23(24)28-20(18)31;1-5-34-19(30)13(3)27-36(32,28-14(4)20(31)35-6-2)12-33-10-9-29-11-23-16-17(24-15-7-8-15)25-21(22)26-18(16)29;1-11(13(3)28)25-32(30,26-12(2)14(4)29)10-31-8-7-27-9-21-16-17(22-15-5-6-15)23-19(20)24-18(16)27;3*1-3(2)4;;;/h13,15-17H,5-12,14H2,1-4H3,(H2,29,30,34)(H3,24,26,27,28);11,13-15H,5-10,12H2,1-4H3,(H2,27,28,32)(H3,22,24,25,26);9,11-12,15H,5-8,10H2,1-4H3,(H2,25,26,30)(H3,20,22,23,24);3*3H,4H2,1-2H3;3*1H/t15-,16-;13-,14-;11-,12-;;;;;;/m000....../s1. The molecular formula is C72H135Cl3N27O16P3. The molecule has 6 aromatic heterocycles. The first-order chi connectivity index (χ1) is 55.6. The predicted molar refractivity (Wildman–Crippen MR) is 477 cm³/mol. The minimum atomic E-state index is -3.59. The van der Waals surface area contributed by atoms with E-state index in [0.717, 1.165) is 38.5 Å². The Hall–Kier alpha value is -7.25. The summed E-state index contributed by atoms with van der Waals surface area (Å²) in [5.41, 5.74) is 36.5. The second kappa shape index (κ2) is 55.9. The zero-order chi connectivity index (χ0) is 88.2. The number of hydrogen-bond donors (Lipinski definition) is 15. The summed E-state index contributed by atoms with van der Waals surface area (Å²) in [5, 5.41) is 26.6. The van der Waals surface area contributed by atoms with Crippen molar-refractivity contribution in [3.05, 3.63) is 19.0 Å². The number of nitrogens with zero attached hydrogens (tertiary/aromatic N) is 12. The molecule has 121 heavy (non-hydrogen) atoms. The van der Waals surface area contributed by atoms with Crippen LogP contribution in [0.25, 0.3) is 33.5 Å². The molecule has 3 fully saturated rings. The molecule has 6 aromatic rings. The largest absolute Gasteiger partial charge is 0.465 e. The number of halogens is 3. The molecular weight excluding hydrogens is 1700 g/mol. The molecule has 9 rings (SSSR count). The van der Waals surface area contributed by atoms with Gasteiger partial charge in [0, 0.05) is 37.8 Å². The number of esters is 4. The summed E-state index contributed by atoms with van der Waals surface area (Å²) in [5.74, 6) is -0.342. The van der Waals surface area contributed by atoms with Crippen molar-refractivity contribution in [2.24, 2.45) is 17.2 Å². The van der Waals surface area contributed by atoms with Gasteiger partial charge in [-0.15, -0.1) is 37.2 Å². The number of fused-ring (bicyclic) bond motifs is 3. The van der Waals surface area contributed by atoms with Gasteiger partial charge < -0.3 is 97.2 Å². The van der Waals surface area contributed by atoms with Gasteiger partial charge in [0.2, 0.25) is 40.2 Å². The van der Waals surface area contributed by atoms with Crippen LogP contribution in [-0.4, -0.2) is 232 Å². The van der Waals surface area contributed by atoms with Crippen molar-refractivity contribution in [2.75, 3.05) is 98.4 Å². The number of carbonyl (C=O) groups excluding carboxylic acids is 6. The molecule has 21 N–H and O–H groups in total. The number of nitrogens with two attached hydrogens (primary N) is 6. The Balaban J connectivity index is 0.000000840. The van der Waals surface area contributed by atoms with Crippen molar-refractivity contribution in [1.82, 2.24) is 89.1 Å². The third-order valence-electron chi connectivity index (χ3n) is 16.0. The van der Waals surface area contributed by atoms with E-state index in [1.165, 1.54) is 27.7 Å². The quantitative estimate of drug-likeness (QED) is 0.00803. The Labute approximate surface area is 727 Å². The van der Waals surface area contributed by atoms with Crippen LogP contribution in [0.3, 0.4) is 0 Å². The maximum atomic E-state index is 13.7. The first kappa shape index (κ1) is 112. The first-order valence-electron chi connectivity index (χ1n) is 39.9. The number of aromatic nitrogens is 12. The third kappa shape index (κ3) is 42.3. The summed E-state index contributed by atoms with van der Waals surface area (Å²) >= 11 is 0. The van der Waals surface area contributed by atoms with Crippen molar-refractivity contribution in [3.8, 4) is 0 Å². The molecule has 49 heteroatoms. The maximum absolute atomic E-state index is 13.7. The Morgan fingerprint density at radius 2 is 0.612 bits per heavy atom. The van der Waals surface area contributed by atoms with E-state index in [-0.39, 0.29) is 132 Å².